The van der Waals surface area contributed by atoms with Gasteiger partial charge in [-0.3, -0.25) is 9.78 Å². The number of fused-ring (bicyclic) bond motifs is 1. The quantitative estimate of drug-likeness (QED) is 0.797. The third-order valence-corrected chi connectivity index (χ3v) is 3.91. The minimum atomic E-state index is -0.815. The van der Waals surface area contributed by atoms with Gasteiger partial charge in [0.2, 0.25) is 5.91 Å². The highest BCUT2D eigenvalue weighted by Crippen LogP contribution is 2.44. The number of hydrogen-bond acceptors (Lipinski definition) is 2. The van der Waals surface area contributed by atoms with Crippen LogP contribution in [0.1, 0.15) is 19.4 Å². The zero-order chi connectivity index (χ0) is 14.5. The summed E-state index contributed by atoms with van der Waals surface area (Å²) in [7, 11) is 1.69. The van der Waals surface area contributed by atoms with Crippen LogP contribution in [0.2, 0.25) is 0 Å². The van der Waals surface area contributed by atoms with Gasteiger partial charge in [0, 0.05) is 25.0 Å². The van der Waals surface area contributed by atoms with Gasteiger partial charge in [0.25, 0.3) is 0 Å². The van der Waals surface area contributed by atoms with Crippen LogP contribution in [0.25, 0.3) is 11.1 Å². The molecule has 2 aromatic rings. The largest absolute Gasteiger partial charge is 0.314 e. The number of rotatable bonds is 1. The van der Waals surface area contributed by atoms with Crippen LogP contribution in [0, 0.1) is 5.82 Å². The average molecular weight is 270 g/mol. The molecule has 0 fully saturated rings. The van der Waals surface area contributed by atoms with Crippen LogP contribution < -0.4 is 4.90 Å². The van der Waals surface area contributed by atoms with Crippen LogP contribution in [0.5, 0.6) is 0 Å². The maximum atomic E-state index is 14.5. The Morgan fingerprint density at radius 2 is 1.80 bits per heavy atom. The lowest BCUT2D eigenvalue weighted by atomic mass is 9.85. The van der Waals surface area contributed by atoms with Gasteiger partial charge in [-0.15, -0.1) is 0 Å². The van der Waals surface area contributed by atoms with Crippen molar-refractivity contribution < 1.29 is 9.18 Å². The first-order chi connectivity index (χ1) is 9.43. The number of pyridine rings is 1. The minimum Gasteiger partial charge on any atom is -0.314 e. The topological polar surface area (TPSA) is 33.2 Å². The fourth-order valence-electron chi connectivity index (χ4n) is 2.82. The summed E-state index contributed by atoms with van der Waals surface area (Å²) in [4.78, 5) is 17.7. The highest BCUT2D eigenvalue weighted by molar-refractivity contribution is 6.07. The van der Waals surface area contributed by atoms with Crippen LogP contribution in [0.15, 0.2) is 36.7 Å². The smallest absolute Gasteiger partial charge is 0.237 e. The summed E-state index contributed by atoms with van der Waals surface area (Å²) in [5.41, 5.74) is 1.94. The van der Waals surface area contributed by atoms with Crippen LogP contribution >= 0.6 is 0 Å². The Kier molecular flexibility index (Phi) is 2.64. The zero-order valence-electron chi connectivity index (χ0n) is 11.6. The Labute approximate surface area is 117 Å². The number of anilines is 1. The van der Waals surface area contributed by atoms with E-state index in [9.17, 15) is 9.18 Å². The second-order valence-corrected chi connectivity index (χ2v) is 5.58. The molecule has 20 heavy (non-hydrogen) atoms. The molecule has 0 atom stereocenters. The number of halogens is 1. The third-order valence-electron chi connectivity index (χ3n) is 3.91. The maximum absolute atomic E-state index is 14.5. The molecule has 0 radical (unpaired) electrons. The van der Waals surface area contributed by atoms with Crippen molar-refractivity contribution in [1.82, 2.24) is 4.98 Å². The molecule has 1 aromatic heterocycles. The lowest BCUT2D eigenvalue weighted by Gasteiger charge is -2.16. The normalized spacial score (nSPS) is 16.4. The van der Waals surface area contributed by atoms with Crippen molar-refractivity contribution in [2.75, 3.05) is 11.9 Å². The molecule has 1 aromatic carbocycles. The Morgan fingerprint density at radius 3 is 2.45 bits per heavy atom. The summed E-state index contributed by atoms with van der Waals surface area (Å²) >= 11 is 0. The van der Waals surface area contributed by atoms with E-state index in [1.807, 2.05) is 18.2 Å². The number of amides is 1. The van der Waals surface area contributed by atoms with Crippen molar-refractivity contribution in [2.24, 2.45) is 0 Å². The summed E-state index contributed by atoms with van der Waals surface area (Å²) in [6.45, 7) is 3.51. The van der Waals surface area contributed by atoms with Gasteiger partial charge < -0.3 is 4.90 Å². The fraction of sp³-hybridized carbons (Fsp3) is 0.250. The average Bonchev–Trinajstić information content (AvgIpc) is 2.61. The van der Waals surface area contributed by atoms with Crippen molar-refractivity contribution in [2.45, 2.75) is 19.3 Å². The highest BCUT2D eigenvalue weighted by Gasteiger charge is 2.44. The first-order valence-corrected chi connectivity index (χ1v) is 6.45. The van der Waals surface area contributed by atoms with Crippen LogP contribution in [0.3, 0.4) is 0 Å². The van der Waals surface area contributed by atoms with Crippen molar-refractivity contribution >= 4 is 11.6 Å². The van der Waals surface area contributed by atoms with Crippen LogP contribution in [0.4, 0.5) is 10.1 Å². The van der Waals surface area contributed by atoms with Gasteiger partial charge in [-0.25, -0.2) is 4.39 Å². The van der Waals surface area contributed by atoms with E-state index >= 15 is 0 Å². The summed E-state index contributed by atoms with van der Waals surface area (Å²) in [5, 5.41) is 0. The minimum absolute atomic E-state index is 0.0849. The molecule has 1 amide bonds. The Hall–Kier alpha value is -2.23. The van der Waals surface area contributed by atoms with E-state index in [2.05, 4.69) is 4.98 Å². The number of nitrogens with zero attached hydrogens (tertiary/aromatic N) is 2. The van der Waals surface area contributed by atoms with E-state index in [4.69, 9.17) is 0 Å². The van der Waals surface area contributed by atoms with E-state index in [0.29, 0.717) is 11.3 Å². The molecule has 1 aliphatic rings. The third kappa shape index (κ3) is 1.64. The Morgan fingerprint density at radius 1 is 1.15 bits per heavy atom. The van der Waals surface area contributed by atoms with Gasteiger partial charge in [0.15, 0.2) is 0 Å². The summed E-state index contributed by atoms with van der Waals surface area (Å²) in [6.07, 6.45) is 3.33. The van der Waals surface area contributed by atoms with Crippen molar-refractivity contribution in [3.8, 4) is 11.1 Å². The van der Waals surface area contributed by atoms with Crippen LogP contribution in [-0.4, -0.2) is 17.9 Å². The van der Waals surface area contributed by atoms with Gasteiger partial charge in [0.1, 0.15) is 5.82 Å². The highest BCUT2D eigenvalue weighted by atomic mass is 19.1. The van der Waals surface area contributed by atoms with E-state index in [1.54, 1.807) is 33.3 Å². The molecule has 0 bridgehead atoms. The molecular formula is C16H15FN2O. The Bertz CT molecular complexity index is 695. The molecule has 0 saturated heterocycles. The number of aromatic nitrogens is 1. The summed E-state index contributed by atoms with van der Waals surface area (Å²) < 4.78 is 14.5. The molecular weight excluding hydrogens is 255 g/mol. The second-order valence-electron chi connectivity index (χ2n) is 5.58. The molecule has 3 nitrogen and oxygen atoms in total. The van der Waals surface area contributed by atoms with E-state index < -0.39 is 5.41 Å². The molecule has 1 aliphatic heterocycles. The number of benzene rings is 1. The number of carbonyl (C=O) groups is 1. The first kappa shape index (κ1) is 12.8. The van der Waals surface area contributed by atoms with Gasteiger partial charge in [0.05, 0.1) is 11.1 Å². The van der Waals surface area contributed by atoms with Crippen LogP contribution in [-0.2, 0) is 10.2 Å². The molecule has 3 rings (SSSR count). The monoisotopic (exact) mass is 270 g/mol. The lowest BCUT2D eigenvalue weighted by molar-refractivity contribution is -0.121. The van der Waals surface area contributed by atoms with Crippen molar-refractivity contribution in [3.63, 3.8) is 0 Å². The fourth-order valence-corrected chi connectivity index (χ4v) is 2.82. The predicted octanol–water partition coefficient (Wildman–Crippen LogP) is 3.14. The van der Waals surface area contributed by atoms with E-state index in [-0.39, 0.29) is 11.7 Å². The van der Waals surface area contributed by atoms with Gasteiger partial charge >= 0.3 is 0 Å². The molecule has 0 N–H and O–H groups in total. The second kappa shape index (κ2) is 4.13. The Balaban J connectivity index is 2.23. The first-order valence-electron chi connectivity index (χ1n) is 6.45. The molecule has 2 heterocycles. The molecule has 0 saturated carbocycles. The van der Waals surface area contributed by atoms with E-state index in [0.717, 1.165) is 11.1 Å². The predicted molar refractivity (Wildman–Crippen MR) is 76.1 cm³/mol. The van der Waals surface area contributed by atoms with Gasteiger partial charge in [-0.1, -0.05) is 0 Å². The summed E-state index contributed by atoms with van der Waals surface area (Å²) in [6, 6.07) is 6.99. The SMILES string of the molecule is CN1C(=O)C(C)(C)c2c(F)cc(-c3ccncc3)cc21. The lowest BCUT2D eigenvalue weighted by Crippen LogP contribution is -2.33. The molecule has 0 aliphatic carbocycles. The van der Waals surface area contributed by atoms with Gasteiger partial charge in [-0.05, 0) is 49.2 Å². The van der Waals surface area contributed by atoms with Crippen molar-refractivity contribution in [1.29, 1.82) is 0 Å². The number of hydrogen-bond donors (Lipinski definition) is 0. The standard InChI is InChI=1S/C16H15FN2O/c1-16(2)14-12(17)8-11(10-4-6-18-7-5-10)9-13(14)19(3)15(16)20/h4-9H,1-3H3. The maximum Gasteiger partial charge on any atom is 0.237 e. The zero-order valence-corrected chi connectivity index (χ0v) is 11.6. The number of carbonyl (C=O) groups excluding carboxylic acids is 1. The van der Waals surface area contributed by atoms with Gasteiger partial charge in [-0.2, -0.15) is 0 Å². The summed E-state index contributed by atoms with van der Waals surface area (Å²) in [5.74, 6) is -0.421. The van der Waals surface area contributed by atoms with E-state index in [1.165, 1.54) is 11.0 Å². The van der Waals surface area contributed by atoms with Crippen molar-refractivity contribution in [3.05, 3.63) is 48.0 Å². The molecule has 0 spiro atoms. The molecule has 102 valence electrons. The molecule has 0 unspecified atom stereocenters. The number of likely N-dealkylation sites (N-methyl/N-ethyl adjacent to an activating group) is 1. The molecule has 4 heteroatoms.